The van der Waals surface area contributed by atoms with Crippen molar-refractivity contribution in [3.05, 3.63) is 95.6 Å². The molecule has 250 valence electrons. The first-order valence-electron chi connectivity index (χ1n) is 17.5. The summed E-state index contributed by atoms with van der Waals surface area (Å²) >= 11 is 0. The number of rotatable bonds is 10. The van der Waals surface area contributed by atoms with Crippen LogP contribution in [-0.4, -0.2) is 53.4 Å². The number of likely N-dealkylation sites (tertiary alicyclic amines) is 1. The van der Waals surface area contributed by atoms with Gasteiger partial charge in [0.1, 0.15) is 0 Å². The molecular formula is C40H46N4O4. The van der Waals surface area contributed by atoms with Gasteiger partial charge in [-0.2, -0.15) is 0 Å². The lowest BCUT2D eigenvalue weighted by Gasteiger charge is -2.33. The third-order valence-corrected chi connectivity index (χ3v) is 9.96. The number of fused-ring (bicyclic) bond motifs is 1. The summed E-state index contributed by atoms with van der Waals surface area (Å²) in [6.07, 6.45) is 7.40. The Kier molecular flexibility index (Phi) is 10.8. The highest BCUT2D eigenvalue weighted by Gasteiger charge is 2.30. The molecule has 2 heterocycles. The highest BCUT2D eigenvalue weighted by molar-refractivity contribution is 6.09. The summed E-state index contributed by atoms with van der Waals surface area (Å²) in [5.41, 5.74) is 5.22. The second-order valence-corrected chi connectivity index (χ2v) is 13.2. The van der Waals surface area contributed by atoms with Gasteiger partial charge in [0.25, 0.3) is 5.91 Å². The Morgan fingerprint density at radius 2 is 1.62 bits per heavy atom. The number of benzene rings is 3. The van der Waals surface area contributed by atoms with Gasteiger partial charge in [-0.1, -0.05) is 73.9 Å². The van der Waals surface area contributed by atoms with E-state index >= 15 is 0 Å². The third-order valence-electron chi connectivity index (χ3n) is 9.96. The first kappa shape index (κ1) is 33.3. The lowest BCUT2D eigenvalue weighted by Crippen LogP contribution is -2.40. The van der Waals surface area contributed by atoms with E-state index in [-0.39, 0.29) is 23.8 Å². The Hall–Kier alpha value is -4.56. The number of carbonyl (C=O) groups is 3. The molecule has 48 heavy (non-hydrogen) atoms. The van der Waals surface area contributed by atoms with Crippen LogP contribution in [0.3, 0.4) is 0 Å². The van der Waals surface area contributed by atoms with E-state index in [1.165, 1.54) is 19.3 Å². The van der Waals surface area contributed by atoms with E-state index in [1.54, 1.807) is 31.2 Å². The Bertz CT molecular complexity index is 1740. The van der Waals surface area contributed by atoms with Crippen LogP contribution in [0.1, 0.15) is 85.1 Å². The van der Waals surface area contributed by atoms with Crippen molar-refractivity contribution in [3.63, 3.8) is 0 Å². The fourth-order valence-electron chi connectivity index (χ4n) is 7.29. The molecule has 2 aliphatic rings. The molecule has 3 aromatic carbocycles. The number of nitrogens with zero attached hydrogens (tertiary/aromatic N) is 2. The van der Waals surface area contributed by atoms with Crippen LogP contribution in [0.25, 0.3) is 22.2 Å². The summed E-state index contributed by atoms with van der Waals surface area (Å²) in [6.45, 7) is 6.19. The van der Waals surface area contributed by atoms with E-state index in [9.17, 15) is 14.4 Å². The first-order valence-corrected chi connectivity index (χ1v) is 17.5. The van der Waals surface area contributed by atoms with E-state index in [2.05, 4.69) is 34.6 Å². The van der Waals surface area contributed by atoms with Crippen LogP contribution in [-0.2, 0) is 16.1 Å². The molecule has 1 atom stereocenters. The summed E-state index contributed by atoms with van der Waals surface area (Å²) in [4.78, 5) is 47.3. The quantitative estimate of drug-likeness (QED) is 0.172. The second kappa shape index (κ2) is 15.6. The van der Waals surface area contributed by atoms with Crippen molar-refractivity contribution in [2.24, 2.45) is 11.8 Å². The maximum absolute atomic E-state index is 14.3. The minimum atomic E-state index is -0.406. The number of ether oxygens (including phenoxy) is 1. The van der Waals surface area contributed by atoms with Crippen LogP contribution in [0.4, 0.5) is 5.69 Å². The Morgan fingerprint density at radius 3 is 2.38 bits per heavy atom. The van der Waals surface area contributed by atoms with Crippen molar-refractivity contribution in [1.82, 2.24) is 15.2 Å². The van der Waals surface area contributed by atoms with Gasteiger partial charge in [-0.25, -0.2) is 9.78 Å². The van der Waals surface area contributed by atoms with E-state index in [0.717, 1.165) is 40.6 Å². The van der Waals surface area contributed by atoms with E-state index < -0.39 is 5.97 Å². The van der Waals surface area contributed by atoms with Crippen molar-refractivity contribution in [2.75, 3.05) is 25.0 Å². The lowest BCUT2D eigenvalue weighted by molar-refractivity contribution is -0.121. The van der Waals surface area contributed by atoms with Gasteiger partial charge < -0.3 is 15.4 Å². The van der Waals surface area contributed by atoms with Crippen molar-refractivity contribution >= 4 is 34.4 Å². The Labute approximate surface area is 283 Å². The molecule has 8 nitrogen and oxygen atoms in total. The molecule has 2 fully saturated rings. The number of carbonyl (C=O) groups excluding carboxylic acids is 3. The molecule has 1 aliphatic heterocycles. The number of anilines is 1. The van der Waals surface area contributed by atoms with Crippen molar-refractivity contribution in [3.8, 4) is 11.3 Å². The molecule has 4 aromatic rings. The number of nitrogens with one attached hydrogen (secondary N) is 2. The van der Waals surface area contributed by atoms with Gasteiger partial charge in [0.15, 0.2) is 0 Å². The largest absolute Gasteiger partial charge is 0.462 e. The van der Waals surface area contributed by atoms with Crippen molar-refractivity contribution in [2.45, 2.75) is 71.4 Å². The molecule has 2 N–H and O–H groups in total. The summed E-state index contributed by atoms with van der Waals surface area (Å²) in [5, 5.41) is 7.28. The number of para-hydroxylation sites is 1. The van der Waals surface area contributed by atoms with Crippen LogP contribution in [0.2, 0.25) is 0 Å². The number of hydrogen-bond acceptors (Lipinski definition) is 6. The number of aromatic nitrogens is 1. The zero-order valence-electron chi connectivity index (χ0n) is 28.0. The predicted molar refractivity (Wildman–Crippen MR) is 190 cm³/mol. The molecular weight excluding hydrogens is 600 g/mol. The van der Waals surface area contributed by atoms with Crippen LogP contribution in [0.15, 0.2) is 78.9 Å². The average Bonchev–Trinajstić information content (AvgIpc) is 3.12. The molecule has 2 amide bonds. The zero-order valence-corrected chi connectivity index (χ0v) is 28.0. The first-order chi connectivity index (χ1) is 23.4. The molecule has 0 radical (unpaired) electrons. The average molecular weight is 647 g/mol. The lowest BCUT2D eigenvalue weighted by atomic mass is 9.84. The highest BCUT2D eigenvalue weighted by atomic mass is 16.5. The van der Waals surface area contributed by atoms with Crippen LogP contribution >= 0.6 is 0 Å². The molecule has 1 saturated carbocycles. The molecule has 1 aromatic heterocycles. The van der Waals surface area contributed by atoms with Crippen LogP contribution in [0, 0.1) is 11.8 Å². The number of piperidine rings is 1. The number of esters is 1. The van der Waals surface area contributed by atoms with Gasteiger partial charge >= 0.3 is 5.97 Å². The van der Waals surface area contributed by atoms with Gasteiger partial charge in [-0.15, -0.1) is 0 Å². The summed E-state index contributed by atoms with van der Waals surface area (Å²) in [5.74, 6) is -0.167. The van der Waals surface area contributed by atoms with Crippen LogP contribution in [0.5, 0.6) is 0 Å². The summed E-state index contributed by atoms with van der Waals surface area (Å²) < 4.78 is 5.11. The number of pyridine rings is 1. The van der Waals surface area contributed by atoms with Gasteiger partial charge in [0.2, 0.25) is 5.91 Å². The van der Waals surface area contributed by atoms with Gasteiger partial charge in [0.05, 0.1) is 28.9 Å². The number of amides is 2. The Balaban J connectivity index is 1.23. The molecule has 1 saturated heterocycles. The van der Waals surface area contributed by atoms with Gasteiger partial charge in [-0.3, -0.25) is 14.5 Å². The minimum absolute atomic E-state index is 0.0434. The molecule has 0 bridgehead atoms. The van der Waals surface area contributed by atoms with Crippen LogP contribution < -0.4 is 10.6 Å². The maximum Gasteiger partial charge on any atom is 0.338 e. The Morgan fingerprint density at radius 1 is 0.896 bits per heavy atom. The normalized spacial score (nSPS) is 16.7. The van der Waals surface area contributed by atoms with Gasteiger partial charge in [-0.05, 0) is 82.8 Å². The van der Waals surface area contributed by atoms with E-state index in [4.69, 9.17) is 9.72 Å². The summed E-state index contributed by atoms with van der Waals surface area (Å²) in [6, 6.07) is 25.0. The smallest absolute Gasteiger partial charge is 0.338 e. The third kappa shape index (κ3) is 7.76. The zero-order chi connectivity index (χ0) is 33.5. The fourth-order valence-corrected chi connectivity index (χ4v) is 7.29. The topological polar surface area (TPSA) is 101 Å². The molecule has 0 spiro atoms. The van der Waals surface area contributed by atoms with Crippen molar-refractivity contribution < 1.29 is 19.1 Å². The van der Waals surface area contributed by atoms with E-state index in [1.807, 2.05) is 42.5 Å². The standard InChI is InChI=1S/C40H46N4O4/c1-3-48-40(47)31-17-12-18-32(25-31)42-38(45)30-21-23-44(24-22-30)26-34-36(39(46)41-27(2)28-13-6-4-7-14-28)33-19-10-11-20-35(33)43-37(34)29-15-8-5-9-16-29/h5,8-12,15-20,25,27-28,30H,3-4,6-7,13-14,21-24,26H2,1-2H3,(H,41,46)(H,42,45)/t27-/m0/s1. The molecule has 0 unspecified atom stereocenters. The molecule has 6 rings (SSSR count). The van der Waals surface area contributed by atoms with Crippen molar-refractivity contribution in [1.29, 1.82) is 0 Å². The fraction of sp³-hybridized carbons (Fsp3) is 0.400. The molecule has 8 heteroatoms. The monoisotopic (exact) mass is 646 g/mol. The SMILES string of the molecule is CCOC(=O)c1cccc(NC(=O)C2CCN(Cc3c(-c4ccccc4)nc4ccccc4c3C(=O)N[C@@H](C)C3CCCCC3)CC2)c1. The van der Waals surface area contributed by atoms with E-state index in [0.29, 0.717) is 61.8 Å². The second-order valence-electron chi connectivity index (χ2n) is 13.2. The maximum atomic E-state index is 14.3. The van der Waals surface area contributed by atoms with Gasteiger partial charge in [0, 0.05) is 40.7 Å². The highest BCUT2D eigenvalue weighted by Crippen LogP contribution is 2.33. The number of hydrogen-bond donors (Lipinski definition) is 2. The molecule has 1 aliphatic carbocycles. The predicted octanol–water partition coefficient (Wildman–Crippen LogP) is 7.63. The minimum Gasteiger partial charge on any atom is -0.462 e. The summed E-state index contributed by atoms with van der Waals surface area (Å²) in [7, 11) is 0.